The second kappa shape index (κ2) is 9.68. The number of benzene rings is 3. The van der Waals surface area contributed by atoms with E-state index in [9.17, 15) is 24.6 Å². The van der Waals surface area contributed by atoms with Crippen molar-refractivity contribution in [3.63, 3.8) is 0 Å². The third-order valence-corrected chi connectivity index (χ3v) is 10.0. The summed E-state index contributed by atoms with van der Waals surface area (Å²) in [6.07, 6.45) is 0.183. The number of aliphatic carboxylic acids is 1. The summed E-state index contributed by atoms with van der Waals surface area (Å²) in [7, 11) is 0. The number of furan rings is 1. The lowest BCUT2D eigenvalue weighted by atomic mass is 10.0. The molecule has 0 spiro atoms. The molecular formula is C28H24N2O6S2. The Morgan fingerprint density at radius 3 is 2.53 bits per heavy atom. The average molecular weight is 549 g/mol. The van der Waals surface area contributed by atoms with E-state index in [1.165, 1.54) is 23.5 Å². The molecule has 6 rings (SSSR count). The molecule has 10 heteroatoms. The number of carbonyl (C=O) groups is 3. The molecule has 2 amide bonds. The summed E-state index contributed by atoms with van der Waals surface area (Å²) in [5.74, 6) is -1.20. The molecule has 3 atom stereocenters. The van der Waals surface area contributed by atoms with Crippen LogP contribution in [0.3, 0.4) is 0 Å². The Labute approximate surface area is 226 Å². The van der Waals surface area contributed by atoms with Gasteiger partial charge in [-0.05, 0) is 35.4 Å². The van der Waals surface area contributed by atoms with Crippen molar-refractivity contribution in [3.05, 3.63) is 77.9 Å². The summed E-state index contributed by atoms with van der Waals surface area (Å²) in [4.78, 5) is 40.2. The Morgan fingerprint density at radius 1 is 1.05 bits per heavy atom. The van der Waals surface area contributed by atoms with Crippen LogP contribution in [0.25, 0.3) is 21.9 Å². The topological polar surface area (TPSA) is 120 Å². The second-order valence-corrected chi connectivity index (χ2v) is 12.1. The molecule has 0 aliphatic carbocycles. The monoisotopic (exact) mass is 548 g/mol. The first-order valence-electron chi connectivity index (χ1n) is 12.1. The number of nitrogens with one attached hydrogen (secondary N) is 1. The van der Waals surface area contributed by atoms with Crippen molar-refractivity contribution < 1.29 is 29.0 Å². The van der Waals surface area contributed by atoms with Crippen LogP contribution in [-0.2, 0) is 27.4 Å². The highest BCUT2D eigenvalue weighted by Gasteiger charge is 2.58. The van der Waals surface area contributed by atoms with Crippen LogP contribution in [0.1, 0.15) is 11.1 Å². The first-order valence-corrected chi connectivity index (χ1v) is 14.0. The predicted octanol–water partition coefficient (Wildman–Crippen LogP) is 3.64. The standard InChI is InChI=1S/C28H24N2O6S2/c31-13-17-6-8-19-20-9-7-18(12-22(20)36-21(19)10-17)38-28(27(34)35)14-30-25(33)24(26(30)37-15-28)29-23(32)11-16-4-2-1-3-5-16/h1-10,12,24,26,31H,11,13-15H2,(H,29,32)(H,34,35)/t24-,26-,28?/m1/s1. The molecule has 1 aromatic heterocycles. The summed E-state index contributed by atoms with van der Waals surface area (Å²) in [5.41, 5.74) is 2.90. The van der Waals surface area contributed by atoms with Crippen LogP contribution in [0.5, 0.6) is 0 Å². The molecule has 3 aromatic carbocycles. The molecule has 4 aromatic rings. The third-order valence-electron chi connectivity index (χ3n) is 6.97. The fraction of sp³-hybridized carbons (Fsp3) is 0.250. The van der Waals surface area contributed by atoms with E-state index in [0.717, 1.165) is 26.8 Å². The van der Waals surface area contributed by atoms with Crippen molar-refractivity contribution in [2.45, 2.75) is 34.1 Å². The summed E-state index contributed by atoms with van der Waals surface area (Å²) in [6, 6.07) is 19.8. The maximum Gasteiger partial charge on any atom is 0.322 e. The van der Waals surface area contributed by atoms with Crippen LogP contribution in [0, 0.1) is 0 Å². The van der Waals surface area contributed by atoms with Gasteiger partial charge in [-0.25, -0.2) is 0 Å². The predicted molar refractivity (Wildman–Crippen MR) is 146 cm³/mol. The number of aliphatic hydroxyl groups excluding tert-OH is 1. The maximum atomic E-state index is 12.9. The molecule has 3 N–H and O–H groups in total. The van der Waals surface area contributed by atoms with E-state index in [1.54, 1.807) is 11.0 Å². The minimum Gasteiger partial charge on any atom is -0.480 e. The number of carboxylic acids is 1. The average Bonchev–Trinajstić information content (AvgIpc) is 3.29. The van der Waals surface area contributed by atoms with Gasteiger partial charge in [0.15, 0.2) is 0 Å². The van der Waals surface area contributed by atoms with E-state index in [0.29, 0.717) is 11.2 Å². The summed E-state index contributed by atoms with van der Waals surface area (Å²) in [6.45, 7) is -0.0345. The molecule has 3 heterocycles. The van der Waals surface area contributed by atoms with Crippen LogP contribution in [-0.4, -0.2) is 61.4 Å². The summed E-state index contributed by atoms with van der Waals surface area (Å²) >= 11 is 2.59. The van der Waals surface area contributed by atoms with Crippen molar-refractivity contribution in [1.82, 2.24) is 10.2 Å². The van der Waals surface area contributed by atoms with E-state index < -0.39 is 16.8 Å². The molecular weight excluding hydrogens is 524 g/mol. The lowest BCUT2D eigenvalue weighted by Gasteiger charge is -2.53. The number of rotatable bonds is 7. The fourth-order valence-corrected chi connectivity index (χ4v) is 7.86. The molecule has 2 fully saturated rings. The highest BCUT2D eigenvalue weighted by atomic mass is 32.2. The number of hydrogen-bond donors (Lipinski definition) is 3. The number of aliphatic hydroxyl groups is 1. The Bertz CT molecular complexity index is 1570. The Kier molecular flexibility index (Phi) is 6.33. The number of carbonyl (C=O) groups excluding carboxylic acids is 2. The van der Waals surface area contributed by atoms with Crippen molar-refractivity contribution in [2.24, 2.45) is 0 Å². The highest BCUT2D eigenvalue weighted by Crippen LogP contribution is 2.47. The Hall–Kier alpha value is -3.47. The van der Waals surface area contributed by atoms with E-state index >= 15 is 0 Å². The van der Waals surface area contributed by atoms with Gasteiger partial charge in [-0.1, -0.05) is 42.5 Å². The number of nitrogens with zero attached hydrogens (tertiary/aromatic N) is 1. The number of fused-ring (bicyclic) bond motifs is 4. The highest BCUT2D eigenvalue weighted by molar-refractivity contribution is 8.05. The number of carboxylic acid groups (broad SMARTS) is 1. The van der Waals surface area contributed by atoms with Crippen LogP contribution in [0.15, 0.2) is 76.0 Å². The second-order valence-electron chi connectivity index (χ2n) is 9.53. The van der Waals surface area contributed by atoms with Gasteiger partial charge in [0.2, 0.25) is 11.8 Å². The third kappa shape index (κ3) is 4.32. The van der Waals surface area contributed by atoms with Crippen LogP contribution in [0.4, 0.5) is 0 Å². The molecule has 2 aliphatic heterocycles. The summed E-state index contributed by atoms with van der Waals surface area (Å²) in [5, 5.41) is 24.0. The molecule has 2 aliphatic rings. The smallest absolute Gasteiger partial charge is 0.322 e. The largest absolute Gasteiger partial charge is 0.480 e. The number of amides is 2. The summed E-state index contributed by atoms with van der Waals surface area (Å²) < 4.78 is 4.76. The first-order chi connectivity index (χ1) is 18.4. The minimum absolute atomic E-state index is 0.0482. The van der Waals surface area contributed by atoms with Gasteiger partial charge in [-0.3, -0.25) is 14.4 Å². The van der Waals surface area contributed by atoms with Gasteiger partial charge in [0.1, 0.15) is 27.3 Å². The number of β-lactam (4-membered cyclic amide) rings is 1. The molecule has 1 unspecified atom stereocenters. The van der Waals surface area contributed by atoms with Gasteiger partial charge >= 0.3 is 5.97 Å². The van der Waals surface area contributed by atoms with Gasteiger partial charge in [0, 0.05) is 28.0 Å². The zero-order valence-corrected chi connectivity index (χ0v) is 21.8. The SMILES string of the molecule is O=C(Cc1ccccc1)N[C@@H]1C(=O)N2CC(Sc3ccc4c(c3)oc3cc(CO)ccc34)(C(=O)O)CS[C@H]12. The molecule has 0 bridgehead atoms. The molecule has 194 valence electrons. The fourth-order valence-electron chi connectivity index (χ4n) is 4.98. The van der Waals surface area contributed by atoms with Gasteiger partial charge in [-0.2, -0.15) is 0 Å². The van der Waals surface area contributed by atoms with E-state index in [1.807, 2.05) is 60.7 Å². The normalized spacial score (nSPS) is 22.8. The lowest BCUT2D eigenvalue weighted by Crippen LogP contribution is -2.74. The zero-order chi connectivity index (χ0) is 26.4. The Morgan fingerprint density at radius 2 is 1.79 bits per heavy atom. The number of hydrogen-bond acceptors (Lipinski definition) is 7. The van der Waals surface area contributed by atoms with Crippen molar-refractivity contribution in [1.29, 1.82) is 0 Å². The van der Waals surface area contributed by atoms with E-state index in [-0.39, 0.29) is 42.5 Å². The van der Waals surface area contributed by atoms with Gasteiger partial charge in [-0.15, -0.1) is 23.5 Å². The number of thioether (sulfide) groups is 2. The van der Waals surface area contributed by atoms with Crippen LogP contribution >= 0.6 is 23.5 Å². The van der Waals surface area contributed by atoms with Crippen LogP contribution < -0.4 is 5.32 Å². The van der Waals surface area contributed by atoms with Gasteiger partial charge < -0.3 is 24.8 Å². The Balaban J connectivity index is 1.17. The van der Waals surface area contributed by atoms with Crippen molar-refractivity contribution in [3.8, 4) is 0 Å². The molecule has 0 radical (unpaired) electrons. The molecule has 8 nitrogen and oxygen atoms in total. The maximum absolute atomic E-state index is 12.9. The van der Waals surface area contributed by atoms with Gasteiger partial charge in [0.25, 0.3) is 0 Å². The molecule has 38 heavy (non-hydrogen) atoms. The van der Waals surface area contributed by atoms with Crippen molar-refractivity contribution >= 4 is 63.2 Å². The van der Waals surface area contributed by atoms with Crippen LogP contribution in [0.2, 0.25) is 0 Å². The zero-order valence-electron chi connectivity index (χ0n) is 20.1. The molecule has 0 saturated carbocycles. The van der Waals surface area contributed by atoms with Gasteiger partial charge in [0.05, 0.1) is 13.0 Å². The quantitative estimate of drug-likeness (QED) is 0.300. The molecule has 2 saturated heterocycles. The first kappa shape index (κ1) is 24.8. The minimum atomic E-state index is -1.24. The van der Waals surface area contributed by atoms with E-state index in [2.05, 4.69) is 5.32 Å². The van der Waals surface area contributed by atoms with E-state index in [4.69, 9.17) is 4.42 Å². The van der Waals surface area contributed by atoms with Crippen molar-refractivity contribution in [2.75, 3.05) is 12.3 Å². The lowest BCUT2D eigenvalue weighted by molar-refractivity contribution is -0.152.